The van der Waals surface area contributed by atoms with E-state index < -0.39 is 0 Å². The van der Waals surface area contributed by atoms with Gasteiger partial charge in [0.25, 0.3) is 5.91 Å². The SMILES string of the molecule is COCCOCCNC(=O)c1cc(C)n(-c2ccccc2F)c1C. The van der Waals surface area contributed by atoms with E-state index in [0.717, 1.165) is 5.69 Å². The van der Waals surface area contributed by atoms with Crippen molar-refractivity contribution in [1.29, 1.82) is 0 Å². The second-order valence-electron chi connectivity index (χ2n) is 5.43. The molecule has 2 aromatic rings. The molecular weight excluding hydrogens is 311 g/mol. The van der Waals surface area contributed by atoms with Crippen LogP contribution < -0.4 is 5.32 Å². The smallest absolute Gasteiger partial charge is 0.253 e. The van der Waals surface area contributed by atoms with Gasteiger partial charge in [0.05, 0.1) is 31.1 Å². The number of nitrogens with one attached hydrogen (secondary N) is 1. The van der Waals surface area contributed by atoms with Crippen LogP contribution >= 0.6 is 0 Å². The number of carbonyl (C=O) groups excluding carboxylic acids is 1. The minimum absolute atomic E-state index is 0.193. The molecule has 24 heavy (non-hydrogen) atoms. The van der Waals surface area contributed by atoms with Crippen molar-refractivity contribution in [3.63, 3.8) is 0 Å². The molecule has 1 amide bonds. The molecule has 0 aliphatic rings. The van der Waals surface area contributed by atoms with E-state index in [4.69, 9.17) is 9.47 Å². The lowest BCUT2D eigenvalue weighted by molar-refractivity contribution is 0.0692. The predicted molar refractivity (Wildman–Crippen MR) is 90.2 cm³/mol. The van der Waals surface area contributed by atoms with Gasteiger partial charge in [-0.1, -0.05) is 12.1 Å². The van der Waals surface area contributed by atoms with Crippen molar-refractivity contribution >= 4 is 5.91 Å². The second kappa shape index (κ2) is 8.61. The third kappa shape index (κ3) is 4.21. The van der Waals surface area contributed by atoms with Gasteiger partial charge in [-0.3, -0.25) is 4.79 Å². The zero-order valence-corrected chi connectivity index (χ0v) is 14.3. The summed E-state index contributed by atoms with van der Waals surface area (Å²) in [6.07, 6.45) is 0. The van der Waals surface area contributed by atoms with E-state index in [2.05, 4.69) is 5.32 Å². The third-order valence-corrected chi connectivity index (χ3v) is 3.73. The summed E-state index contributed by atoms with van der Waals surface area (Å²) in [6.45, 7) is 5.51. The van der Waals surface area contributed by atoms with Gasteiger partial charge in [-0.25, -0.2) is 4.39 Å². The van der Waals surface area contributed by atoms with Gasteiger partial charge < -0.3 is 19.4 Å². The van der Waals surface area contributed by atoms with Gasteiger partial charge in [-0.2, -0.15) is 0 Å². The Morgan fingerprint density at radius 1 is 1.21 bits per heavy atom. The van der Waals surface area contributed by atoms with E-state index in [-0.39, 0.29) is 11.7 Å². The van der Waals surface area contributed by atoms with Gasteiger partial charge in [0.15, 0.2) is 0 Å². The molecule has 1 aromatic carbocycles. The van der Waals surface area contributed by atoms with Crippen LogP contribution in [0.1, 0.15) is 21.7 Å². The number of aryl methyl sites for hydroxylation is 1. The largest absolute Gasteiger partial charge is 0.382 e. The molecule has 2 rings (SSSR count). The molecule has 130 valence electrons. The van der Waals surface area contributed by atoms with E-state index in [1.165, 1.54) is 6.07 Å². The average molecular weight is 334 g/mol. The first kappa shape index (κ1) is 18.2. The maximum absolute atomic E-state index is 14.0. The van der Waals surface area contributed by atoms with E-state index in [1.807, 2.05) is 13.8 Å². The fraction of sp³-hybridized carbons (Fsp3) is 0.389. The molecular formula is C18H23FN2O3. The number of amides is 1. The Balaban J connectivity index is 2.06. The molecule has 0 aliphatic heterocycles. The average Bonchev–Trinajstić information content (AvgIpc) is 2.86. The lowest BCUT2D eigenvalue weighted by Gasteiger charge is -2.11. The standard InChI is InChI=1S/C18H23FN2O3/c1-13-12-15(18(22)20-8-9-24-11-10-23-3)14(2)21(13)17-7-5-4-6-16(17)19/h4-7,12H,8-11H2,1-3H3,(H,20,22). The summed E-state index contributed by atoms with van der Waals surface area (Å²) in [6, 6.07) is 8.29. The number of para-hydroxylation sites is 1. The van der Waals surface area contributed by atoms with Crippen molar-refractivity contribution in [2.75, 3.05) is 33.5 Å². The molecule has 6 heteroatoms. The highest BCUT2D eigenvalue weighted by atomic mass is 19.1. The zero-order chi connectivity index (χ0) is 17.5. The van der Waals surface area contributed by atoms with E-state index in [0.29, 0.717) is 43.3 Å². The highest BCUT2D eigenvalue weighted by Crippen LogP contribution is 2.22. The fourth-order valence-electron chi connectivity index (χ4n) is 2.57. The fourth-order valence-corrected chi connectivity index (χ4v) is 2.57. The number of ether oxygens (including phenoxy) is 2. The molecule has 1 aromatic heterocycles. The van der Waals surface area contributed by atoms with Crippen LogP contribution in [0.15, 0.2) is 30.3 Å². The molecule has 0 atom stereocenters. The Hall–Kier alpha value is -2.18. The summed E-state index contributed by atoms with van der Waals surface area (Å²) in [5, 5.41) is 2.81. The van der Waals surface area contributed by atoms with Gasteiger partial charge in [-0.05, 0) is 32.0 Å². The number of nitrogens with zero attached hydrogens (tertiary/aromatic N) is 1. The van der Waals surface area contributed by atoms with Crippen molar-refractivity contribution in [2.45, 2.75) is 13.8 Å². The molecule has 1 heterocycles. The Kier molecular flexibility index (Phi) is 6.52. The summed E-state index contributed by atoms with van der Waals surface area (Å²) >= 11 is 0. The van der Waals surface area contributed by atoms with Crippen LogP contribution in [0.5, 0.6) is 0 Å². The van der Waals surface area contributed by atoms with Crippen LogP contribution in [0, 0.1) is 19.7 Å². The van der Waals surface area contributed by atoms with Crippen LogP contribution in [0.25, 0.3) is 5.69 Å². The van der Waals surface area contributed by atoms with Gasteiger partial charge in [0, 0.05) is 25.0 Å². The summed E-state index contributed by atoms with van der Waals surface area (Å²) in [4.78, 5) is 12.3. The molecule has 0 spiro atoms. The second-order valence-corrected chi connectivity index (χ2v) is 5.43. The molecule has 0 saturated heterocycles. The molecule has 0 aliphatic carbocycles. The molecule has 1 N–H and O–H groups in total. The van der Waals surface area contributed by atoms with E-state index >= 15 is 0 Å². The van der Waals surface area contributed by atoms with Gasteiger partial charge in [0.2, 0.25) is 0 Å². The number of methoxy groups -OCH3 is 1. The van der Waals surface area contributed by atoms with Crippen LogP contribution in [-0.4, -0.2) is 43.9 Å². The number of hydrogen-bond donors (Lipinski definition) is 1. The topological polar surface area (TPSA) is 52.5 Å². The number of rotatable bonds is 8. The highest BCUT2D eigenvalue weighted by Gasteiger charge is 2.17. The number of halogens is 1. The number of benzene rings is 1. The minimum atomic E-state index is -0.321. The van der Waals surface area contributed by atoms with Crippen LogP contribution in [-0.2, 0) is 9.47 Å². The van der Waals surface area contributed by atoms with Crippen molar-refractivity contribution < 1.29 is 18.7 Å². The lowest BCUT2D eigenvalue weighted by atomic mass is 10.2. The Labute approximate surface area is 141 Å². The summed E-state index contributed by atoms with van der Waals surface area (Å²) in [5.41, 5.74) is 2.48. The first-order valence-electron chi connectivity index (χ1n) is 7.85. The van der Waals surface area contributed by atoms with E-state index in [9.17, 15) is 9.18 Å². The molecule has 0 unspecified atom stereocenters. The summed E-state index contributed by atoms with van der Waals surface area (Å²) < 4.78 is 26.0. The number of aromatic nitrogens is 1. The zero-order valence-electron chi connectivity index (χ0n) is 14.3. The van der Waals surface area contributed by atoms with Crippen LogP contribution in [0.3, 0.4) is 0 Å². The van der Waals surface area contributed by atoms with Crippen LogP contribution in [0.2, 0.25) is 0 Å². The quantitative estimate of drug-likeness (QED) is 0.755. The molecule has 0 fully saturated rings. The monoisotopic (exact) mass is 334 g/mol. The lowest BCUT2D eigenvalue weighted by Crippen LogP contribution is -2.28. The van der Waals surface area contributed by atoms with Crippen molar-refractivity contribution in [1.82, 2.24) is 9.88 Å². The highest BCUT2D eigenvalue weighted by molar-refractivity contribution is 5.95. The third-order valence-electron chi connectivity index (χ3n) is 3.73. The molecule has 0 saturated carbocycles. The maximum Gasteiger partial charge on any atom is 0.253 e. The first-order valence-corrected chi connectivity index (χ1v) is 7.85. The summed E-state index contributed by atoms with van der Waals surface area (Å²) in [7, 11) is 1.61. The number of carbonyl (C=O) groups is 1. The summed E-state index contributed by atoms with van der Waals surface area (Å²) in [5.74, 6) is -0.515. The van der Waals surface area contributed by atoms with Gasteiger partial charge >= 0.3 is 0 Å². The Bertz CT molecular complexity index is 698. The van der Waals surface area contributed by atoms with Crippen LogP contribution in [0.4, 0.5) is 4.39 Å². The van der Waals surface area contributed by atoms with Crippen molar-refractivity contribution in [3.05, 3.63) is 53.1 Å². The molecule has 0 bridgehead atoms. The normalized spacial score (nSPS) is 10.8. The van der Waals surface area contributed by atoms with Gasteiger partial charge in [-0.15, -0.1) is 0 Å². The van der Waals surface area contributed by atoms with Gasteiger partial charge in [0.1, 0.15) is 5.82 Å². The first-order chi connectivity index (χ1) is 11.6. The van der Waals surface area contributed by atoms with E-state index in [1.54, 1.807) is 35.9 Å². The minimum Gasteiger partial charge on any atom is -0.382 e. The maximum atomic E-state index is 14.0. The molecule has 0 radical (unpaired) electrons. The Morgan fingerprint density at radius 3 is 2.67 bits per heavy atom. The number of hydrogen-bond acceptors (Lipinski definition) is 3. The van der Waals surface area contributed by atoms with Crippen molar-refractivity contribution in [2.24, 2.45) is 0 Å². The predicted octanol–water partition coefficient (Wildman–Crippen LogP) is 2.63. The Morgan fingerprint density at radius 2 is 1.96 bits per heavy atom. The van der Waals surface area contributed by atoms with Crippen molar-refractivity contribution in [3.8, 4) is 5.69 Å². The molecule has 5 nitrogen and oxygen atoms in total.